The standard InChI is InChI=1S/C21H36F2/c1-15-7-11-19(21(23)20(15)22)14-10-16-8-12-18(13-9-16)17-5-3-2-4-6-17/h15-21H,2-14H2,1H3. The Morgan fingerprint density at radius 3 is 2.00 bits per heavy atom. The van der Waals surface area contributed by atoms with Crippen LogP contribution in [0.4, 0.5) is 8.78 Å². The van der Waals surface area contributed by atoms with E-state index in [0.717, 1.165) is 43.4 Å². The van der Waals surface area contributed by atoms with Crippen LogP contribution in [0, 0.1) is 29.6 Å². The fourth-order valence-electron chi connectivity index (χ4n) is 5.68. The Kier molecular flexibility index (Phi) is 6.38. The summed E-state index contributed by atoms with van der Waals surface area (Å²) in [6.45, 7) is 1.86. The topological polar surface area (TPSA) is 0 Å². The van der Waals surface area contributed by atoms with Crippen LogP contribution in [0.5, 0.6) is 0 Å². The van der Waals surface area contributed by atoms with Crippen molar-refractivity contribution >= 4 is 0 Å². The molecule has 3 aliphatic carbocycles. The van der Waals surface area contributed by atoms with Gasteiger partial charge in [-0.05, 0) is 61.7 Å². The molecule has 0 aromatic rings. The highest BCUT2D eigenvalue weighted by Crippen LogP contribution is 2.42. The average molecular weight is 327 g/mol. The third-order valence-corrected chi connectivity index (χ3v) is 7.44. The molecule has 0 spiro atoms. The summed E-state index contributed by atoms with van der Waals surface area (Å²) >= 11 is 0. The number of hydrogen-bond donors (Lipinski definition) is 0. The minimum atomic E-state index is -1.21. The zero-order valence-electron chi connectivity index (χ0n) is 15.0. The zero-order chi connectivity index (χ0) is 16.2. The van der Waals surface area contributed by atoms with Gasteiger partial charge in [0.2, 0.25) is 0 Å². The lowest BCUT2D eigenvalue weighted by Gasteiger charge is -2.37. The van der Waals surface area contributed by atoms with Gasteiger partial charge in [-0.25, -0.2) is 8.78 Å². The van der Waals surface area contributed by atoms with Gasteiger partial charge in [0.25, 0.3) is 0 Å². The van der Waals surface area contributed by atoms with Crippen LogP contribution < -0.4 is 0 Å². The van der Waals surface area contributed by atoms with Crippen LogP contribution in [0.25, 0.3) is 0 Å². The van der Waals surface area contributed by atoms with E-state index >= 15 is 0 Å². The maximum atomic E-state index is 14.2. The molecule has 3 saturated carbocycles. The van der Waals surface area contributed by atoms with E-state index in [-0.39, 0.29) is 11.8 Å². The van der Waals surface area contributed by atoms with Crippen molar-refractivity contribution in [3.63, 3.8) is 0 Å². The third-order valence-electron chi connectivity index (χ3n) is 7.44. The average Bonchev–Trinajstić information content (AvgIpc) is 2.60. The normalized spacial score (nSPS) is 43.4. The first-order valence-electron chi connectivity index (χ1n) is 10.4. The van der Waals surface area contributed by atoms with Gasteiger partial charge in [-0.3, -0.25) is 0 Å². The molecule has 0 aliphatic heterocycles. The van der Waals surface area contributed by atoms with Crippen molar-refractivity contribution in [1.82, 2.24) is 0 Å². The molecule has 3 fully saturated rings. The Morgan fingerprint density at radius 1 is 0.652 bits per heavy atom. The van der Waals surface area contributed by atoms with Crippen molar-refractivity contribution < 1.29 is 8.78 Å². The lowest BCUT2D eigenvalue weighted by Crippen LogP contribution is -2.37. The fraction of sp³-hybridized carbons (Fsp3) is 1.00. The van der Waals surface area contributed by atoms with Crippen LogP contribution in [0.2, 0.25) is 0 Å². The van der Waals surface area contributed by atoms with Crippen LogP contribution in [0.15, 0.2) is 0 Å². The molecule has 4 atom stereocenters. The molecule has 3 rings (SSSR count). The number of rotatable bonds is 4. The molecule has 0 N–H and O–H groups in total. The number of hydrogen-bond acceptors (Lipinski definition) is 0. The van der Waals surface area contributed by atoms with Gasteiger partial charge in [-0.2, -0.15) is 0 Å². The molecule has 0 aromatic carbocycles. The van der Waals surface area contributed by atoms with Crippen molar-refractivity contribution in [2.45, 2.75) is 103 Å². The molecule has 0 aromatic heterocycles. The number of halogens is 2. The highest BCUT2D eigenvalue weighted by atomic mass is 19.2. The molecule has 134 valence electrons. The summed E-state index contributed by atoms with van der Waals surface area (Å²) in [5.41, 5.74) is 0. The van der Waals surface area contributed by atoms with Gasteiger partial charge in [0, 0.05) is 0 Å². The lowest BCUT2D eigenvalue weighted by molar-refractivity contribution is 0.0225. The first-order valence-corrected chi connectivity index (χ1v) is 10.4. The smallest absolute Gasteiger partial charge is 0.134 e. The summed E-state index contributed by atoms with van der Waals surface area (Å²) in [6, 6.07) is 0. The van der Waals surface area contributed by atoms with Crippen molar-refractivity contribution in [1.29, 1.82) is 0 Å². The Balaban J connectivity index is 1.37. The minimum Gasteiger partial charge on any atom is -0.244 e. The predicted octanol–water partition coefficient (Wildman–Crippen LogP) is 6.88. The van der Waals surface area contributed by atoms with E-state index in [0.29, 0.717) is 0 Å². The maximum Gasteiger partial charge on any atom is 0.134 e. The Labute approximate surface area is 141 Å². The molecule has 0 radical (unpaired) electrons. The van der Waals surface area contributed by atoms with E-state index in [2.05, 4.69) is 0 Å². The Bertz CT molecular complexity index is 342. The van der Waals surface area contributed by atoms with Gasteiger partial charge in [-0.15, -0.1) is 0 Å². The van der Waals surface area contributed by atoms with Crippen LogP contribution in [0.1, 0.15) is 90.4 Å². The predicted molar refractivity (Wildman–Crippen MR) is 92.9 cm³/mol. The van der Waals surface area contributed by atoms with Gasteiger partial charge in [0.15, 0.2) is 0 Å². The molecule has 23 heavy (non-hydrogen) atoms. The summed E-state index contributed by atoms with van der Waals surface area (Å²) in [5.74, 6) is 2.70. The van der Waals surface area contributed by atoms with E-state index in [9.17, 15) is 8.78 Å². The van der Waals surface area contributed by atoms with Gasteiger partial charge < -0.3 is 0 Å². The van der Waals surface area contributed by atoms with Crippen molar-refractivity contribution in [3.05, 3.63) is 0 Å². The monoisotopic (exact) mass is 326 g/mol. The quantitative estimate of drug-likeness (QED) is 0.528. The maximum absolute atomic E-state index is 14.2. The second-order valence-electron chi connectivity index (χ2n) is 8.96. The molecule has 2 heteroatoms. The second-order valence-corrected chi connectivity index (χ2v) is 8.96. The van der Waals surface area contributed by atoms with E-state index < -0.39 is 12.3 Å². The molecule has 0 heterocycles. The van der Waals surface area contributed by atoms with Crippen molar-refractivity contribution in [3.8, 4) is 0 Å². The van der Waals surface area contributed by atoms with Gasteiger partial charge >= 0.3 is 0 Å². The molecule has 3 aliphatic rings. The number of alkyl halides is 2. The highest BCUT2D eigenvalue weighted by molar-refractivity contribution is 4.87. The van der Waals surface area contributed by atoms with Gasteiger partial charge in [0.1, 0.15) is 12.3 Å². The molecule has 0 saturated heterocycles. The lowest BCUT2D eigenvalue weighted by atomic mass is 9.69. The van der Waals surface area contributed by atoms with E-state index in [1.165, 1.54) is 57.8 Å². The van der Waals surface area contributed by atoms with Crippen LogP contribution in [-0.4, -0.2) is 12.3 Å². The summed E-state index contributed by atoms with van der Waals surface area (Å²) in [6.07, 6.45) is 14.2. The van der Waals surface area contributed by atoms with Gasteiger partial charge in [-0.1, -0.05) is 58.3 Å². The molecule has 0 bridgehead atoms. The van der Waals surface area contributed by atoms with Crippen LogP contribution in [0.3, 0.4) is 0 Å². The Morgan fingerprint density at radius 2 is 1.30 bits per heavy atom. The molecule has 0 amide bonds. The fourth-order valence-corrected chi connectivity index (χ4v) is 5.68. The third kappa shape index (κ3) is 4.48. The zero-order valence-corrected chi connectivity index (χ0v) is 15.0. The van der Waals surface area contributed by atoms with Gasteiger partial charge in [0.05, 0.1) is 0 Å². The molecule has 4 unspecified atom stereocenters. The van der Waals surface area contributed by atoms with Crippen LogP contribution >= 0.6 is 0 Å². The largest absolute Gasteiger partial charge is 0.244 e. The van der Waals surface area contributed by atoms with Crippen LogP contribution in [-0.2, 0) is 0 Å². The second kappa shape index (κ2) is 8.30. The van der Waals surface area contributed by atoms with Crippen molar-refractivity contribution in [2.75, 3.05) is 0 Å². The van der Waals surface area contributed by atoms with E-state index in [1.54, 1.807) is 0 Å². The molecular formula is C21H36F2. The van der Waals surface area contributed by atoms with E-state index in [4.69, 9.17) is 0 Å². The first kappa shape index (κ1) is 17.7. The summed E-state index contributed by atoms with van der Waals surface area (Å²) in [7, 11) is 0. The molecule has 0 nitrogen and oxygen atoms in total. The van der Waals surface area contributed by atoms with Crippen molar-refractivity contribution in [2.24, 2.45) is 29.6 Å². The minimum absolute atomic E-state index is 0.00253. The highest BCUT2D eigenvalue weighted by Gasteiger charge is 2.38. The first-order chi connectivity index (χ1) is 11.1. The summed E-state index contributed by atoms with van der Waals surface area (Å²) in [4.78, 5) is 0. The SMILES string of the molecule is CC1CCC(CCC2CCC(C3CCCCC3)CC2)C(F)C1F. The Hall–Kier alpha value is -0.140. The summed E-state index contributed by atoms with van der Waals surface area (Å²) in [5, 5.41) is 0. The molecular weight excluding hydrogens is 290 g/mol. The summed E-state index contributed by atoms with van der Waals surface area (Å²) < 4.78 is 28.0. The van der Waals surface area contributed by atoms with E-state index in [1.807, 2.05) is 6.92 Å².